The van der Waals surface area contributed by atoms with Gasteiger partial charge in [0, 0.05) is 24.9 Å². The van der Waals surface area contributed by atoms with E-state index < -0.39 is 21.8 Å². The maximum atomic E-state index is 12.9. The molecule has 0 aliphatic carbocycles. The number of aromatic nitrogens is 2. The average Bonchev–Trinajstić information content (AvgIpc) is 2.88. The fourth-order valence-corrected chi connectivity index (χ4v) is 4.80. The summed E-state index contributed by atoms with van der Waals surface area (Å²) in [5.74, 6) is 0. The van der Waals surface area contributed by atoms with Crippen LogP contribution in [0.15, 0.2) is 83.8 Å². The Balaban J connectivity index is 1.66. The lowest BCUT2D eigenvalue weighted by molar-refractivity contribution is -0.137. The smallest absolute Gasteiger partial charge is 0.383 e. The summed E-state index contributed by atoms with van der Waals surface area (Å²) in [5.41, 5.74) is 3.53. The second-order valence-corrected chi connectivity index (χ2v) is 10.1. The summed E-state index contributed by atoms with van der Waals surface area (Å²) in [7, 11) is -2.23. The number of hydrogen-bond acceptors (Lipinski definition) is 5. The van der Waals surface area contributed by atoms with E-state index in [0.29, 0.717) is 39.5 Å². The van der Waals surface area contributed by atoms with Gasteiger partial charge in [0.15, 0.2) is 0 Å². The zero-order valence-electron chi connectivity index (χ0n) is 20.1. The molecular formula is C27H24F3N3O3S. The summed E-state index contributed by atoms with van der Waals surface area (Å²) in [4.78, 5) is 9.35. The van der Waals surface area contributed by atoms with Crippen molar-refractivity contribution in [2.45, 2.75) is 18.0 Å². The molecule has 192 valence electrons. The maximum absolute atomic E-state index is 12.9. The van der Waals surface area contributed by atoms with E-state index in [9.17, 15) is 21.6 Å². The van der Waals surface area contributed by atoms with Gasteiger partial charge in [0.05, 0.1) is 34.1 Å². The van der Waals surface area contributed by atoms with Gasteiger partial charge in [0.2, 0.25) is 10.0 Å². The fraction of sp³-hybridized carbons (Fsp3) is 0.185. The van der Waals surface area contributed by atoms with Crippen molar-refractivity contribution in [3.05, 3.63) is 90.1 Å². The molecule has 2 aromatic carbocycles. The number of halogens is 3. The second kappa shape index (κ2) is 10.8. The van der Waals surface area contributed by atoms with Crippen molar-refractivity contribution in [1.29, 1.82) is 0 Å². The molecule has 6 nitrogen and oxygen atoms in total. The first-order valence-electron chi connectivity index (χ1n) is 11.3. The topological polar surface area (TPSA) is 81.2 Å². The number of alkyl halides is 3. The van der Waals surface area contributed by atoms with Crippen molar-refractivity contribution in [3.63, 3.8) is 0 Å². The van der Waals surface area contributed by atoms with Crippen LogP contribution in [0.5, 0.6) is 0 Å². The Bertz CT molecular complexity index is 1510. The van der Waals surface area contributed by atoms with Crippen molar-refractivity contribution in [1.82, 2.24) is 14.7 Å². The summed E-state index contributed by atoms with van der Waals surface area (Å²) in [6, 6.07) is 20.3. The lowest BCUT2D eigenvalue weighted by Crippen LogP contribution is -2.27. The minimum atomic E-state index is -4.40. The fourth-order valence-electron chi connectivity index (χ4n) is 3.74. The highest BCUT2D eigenvalue weighted by Crippen LogP contribution is 2.32. The molecule has 0 saturated heterocycles. The first kappa shape index (κ1) is 26.5. The third-order valence-electron chi connectivity index (χ3n) is 5.55. The summed E-state index contributed by atoms with van der Waals surface area (Å²) in [5, 5.41) is 0. The van der Waals surface area contributed by atoms with Crippen molar-refractivity contribution >= 4 is 10.0 Å². The minimum Gasteiger partial charge on any atom is -0.383 e. The number of nitrogens with zero attached hydrogens (tertiary/aromatic N) is 2. The van der Waals surface area contributed by atoms with Gasteiger partial charge in [0.25, 0.3) is 0 Å². The quantitative estimate of drug-likeness (QED) is 0.296. The molecule has 4 rings (SSSR count). The molecule has 0 bridgehead atoms. The van der Waals surface area contributed by atoms with E-state index in [0.717, 1.165) is 12.1 Å². The van der Waals surface area contributed by atoms with Crippen LogP contribution < -0.4 is 4.72 Å². The number of benzene rings is 2. The predicted octanol–water partition coefficient (Wildman–Crippen LogP) is 5.73. The summed E-state index contributed by atoms with van der Waals surface area (Å²) < 4.78 is 71.4. The van der Waals surface area contributed by atoms with Crippen LogP contribution in [0.25, 0.3) is 33.8 Å². The summed E-state index contributed by atoms with van der Waals surface area (Å²) in [6.45, 7) is 2.20. The number of ether oxygens (including phenoxy) is 1. The van der Waals surface area contributed by atoms with Crippen LogP contribution in [-0.4, -0.2) is 38.6 Å². The van der Waals surface area contributed by atoms with E-state index >= 15 is 0 Å². The highest BCUT2D eigenvalue weighted by molar-refractivity contribution is 7.89. The van der Waals surface area contributed by atoms with E-state index in [4.69, 9.17) is 4.74 Å². The largest absolute Gasteiger partial charge is 0.416 e. The summed E-state index contributed by atoms with van der Waals surface area (Å²) >= 11 is 0. The molecule has 0 amide bonds. The number of nitrogens with one attached hydrogen (secondary N) is 1. The van der Waals surface area contributed by atoms with Gasteiger partial charge in [-0.2, -0.15) is 13.2 Å². The van der Waals surface area contributed by atoms with Gasteiger partial charge in [-0.3, -0.25) is 4.98 Å². The molecule has 0 atom stereocenters. The number of sulfonamides is 1. The predicted molar refractivity (Wildman–Crippen MR) is 135 cm³/mol. The SMILES string of the molecule is COCCNS(=O)(=O)c1cccc(-c2cccc(-c3cc(-c4ccc(C(F)(F)F)cc4)cc(C)n3)n2)c1. The van der Waals surface area contributed by atoms with Gasteiger partial charge in [-0.25, -0.2) is 18.1 Å². The van der Waals surface area contributed by atoms with Crippen LogP contribution in [-0.2, 0) is 20.9 Å². The Morgan fingerprint density at radius 1 is 0.811 bits per heavy atom. The third-order valence-corrected chi connectivity index (χ3v) is 7.01. The van der Waals surface area contributed by atoms with Crippen molar-refractivity contribution in [2.24, 2.45) is 0 Å². The molecule has 0 spiro atoms. The number of aryl methyl sites for hydroxylation is 1. The maximum Gasteiger partial charge on any atom is 0.416 e. The van der Waals surface area contributed by atoms with Gasteiger partial charge >= 0.3 is 6.18 Å². The highest BCUT2D eigenvalue weighted by atomic mass is 32.2. The molecule has 0 saturated carbocycles. The molecule has 2 heterocycles. The van der Waals surface area contributed by atoms with Gasteiger partial charge in [-0.1, -0.05) is 30.3 Å². The molecule has 0 aliphatic heterocycles. The Kier molecular flexibility index (Phi) is 7.72. The van der Waals surface area contributed by atoms with Crippen LogP contribution in [0, 0.1) is 6.92 Å². The molecular weight excluding hydrogens is 503 g/mol. The third kappa shape index (κ3) is 6.40. The lowest BCUT2D eigenvalue weighted by Gasteiger charge is -2.11. The zero-order valence-corrected chi connectivity index (χ0v) is 20.9. The lowest BCUT2D eigenvalue weighted by atomic mass is 10.0. The molecule has 4 aromatic rings. The Morgan fingerprint density at radius 2 is 1.51 bits per heavy atom. The zero-order chi connectivity index (χ0) is 26.6. The normalized spacial score (nSPS) is 12.0. The molecule has 37 heavy (non-hydrogen) atoms. The molecule has 0 fully saturated rings. The van der Waals surface area contributed by atoms with E-state index in [2.05, 4.69) is 14.7 Å². The Morgan fingerprint density at radius 3 is 2.22 bits per heavy atom. The van der Waals surface area contributed by atoms with Gasteiger partial charge < -0.3 is 4.74 Å². The van der Waals surface area contributed by atoms with Gasteiger partial charge in [0.1, 0.15) is 0 Å². The van der Waals surface area contributed by atoms with Crippen LogP contribution in [0.3, 0.4) is 0 Å². The molecule has 10 heteroatoms. The van der Waals surface area contributed by atoms with E-state index in [1.54, 1.807) is 55.5 Å². The minimum absolute atomic E-state index is 0.103. The van der Waals surface area contributed by atoms with E-state index in [1.165, 1.54) is 25.3 Å². The number of methoxy groups -OCH3 is 1. The van der Waals surface area contributed by atoms with E-state index in [1.807, 2.05) is 0 Å². The monoisotopic (exact) mass is 527 g/mol. The Labute approximate surface area is 213 Å². The van der Waals surface area contributed by atoms with E-state index in [-0.39, 0.29) is 18.0 Å². The number of rotatable bonds is 8. The molecule has 0 aliphatic rings. The van der Waals surface area contributed by atoms with Crippen LogP contribution in [0.1, 0.15) is 11.3 Å². The summed E-state index contributed by atoms with van der Waals surface area (Å²) in [6.07, 6.45) is -4.40. The molecule has 0 radical (unpaired) electrons. The van der Waals surface area contributed by atoms with Crippen molar-refractivity contribution < 1.29 is 26.3 Å². The molecule has 1 N–H and O–H groups in total. The molecule has 2 aromatic heterocycles. The Hall–Kier alpha value is -3.60. The number of pyridine rings is 2. The van der Waals surface area contributed by atoms with Crippen LogP contribution in [0.2, 0.25) is 0 Å². The van der Waals surface area contributed by atoms with Gasteiger partial charge in [-0.05, 0) is 66.6 Å². The first-order chi connectivity index (χ1) is 17.6. The second-order valence-electron chi connectivity index (χ2n) is 8.28. The van der Waals surface area contributed by atoms with Crippen molar-refractivity contribution in [3.8, 4) is 33.8 Å². The molecule has 0 unspecified atom stereocenters. The number of hydrogen-bond donors (Lipinski definition) is 1. The first-order valence-corrected chi connectivity index (χ1v) is 12.8. The van der Waals surface area contributed by atoms with Crippen LogP contribution >= 0.6 is 0 Å². The van der Waals surface area contributed by atoms with Crippen LogP contribution in [0.4, 0.5) is 13.2 Å². The average molecular weight is 528 g/mol. The standard InChI is InChI=1S/C27H24F3N3O3S/c1-18-15-21(19-9-11-22(12-10-19)27(28,29)30)17-26(32-18)25-8-4-7-24(33-25)20-5-3-6-23(16-20)37(34,35)31-13-14-36-2/h3-12,15-17,31H,13-14H2,1-2H3. The van der Waals surface area contributed by atoms with Crippen molar-refractivity contribution in [2.75, 3.05) is 20.3 Å². The highest BCUT2D eigenvalue weighted by Gasteiger charge is 2.30. The van der Waals surface area contributed by atoms with Gasteiger partial charge in [-0.15, -0.1) is 0 Å².